The van der Waals surface area contributed by atoms with Crippen molar-refractivity contribution in [3.8, 4) is 17.1 Å². The minimum absolute atomic E-state index is 0.0166. The smallest absolute Gasteiger partial charge is 0.185 e. The van der Waals surface area contributed by atoms with E-state index in [2.05, 4.69) is 10.1 Å². The van der Waals surface area contributed by atoms with Gasteiger partial charge in [0.1, 0.15) is 6.33 Å². The van der Waals surface area contributed by atoms with Crippen molar-refractivity contribution < 1.29 is 9.47 Å². The molecule has 1 unspecified atom stereocenters. The number of hydrogen-bond donors (Lipinski definition) is 1. The molecule has 1 aliphatic rings. The van der Waals surface area contributed by atoms with Crippen molar-refractivity contribution in [3.05, 3.63) is 24.5 Å². The van der Waals surface area contributed by atoms with Crippen LogP contribution >= 0.6 is 0 Å². The van der Waals surface area contributed by atoms with Crippen molar-refractivity contribution in [1.29, 1.82) is 0 Å². The van der Waals surface area contributed by atoms with Crippen LogP contribution in [0.5, 0.6) is 5.75 Å². The molecule has 2 aromatic rings. The Morgan fingerprint density at radius 2 is 2.30 bits per heavy atom. The third-order valence-electron chi connectivity index (χ3n) is 3.45. The molecule has 0 spiro atoms. The van der Waals surface area contributed by atoms with E-state index >= 15 is 0 Å². The second kappa shape index (κ2) is 5.50. The number of rotatable bonds is 3. The maximum absolute atomic E-state index is 5.91. The molecule has 3 rings (SSSR count). The van der Waals surface area contributed by atoms with Crippen LogP contribution in [0.1, 0.15) is 25.5 Å². The minimum atomic E-state index is -0.0166. The Labute approximate surface area is 117 Å². The van der Waals surface area contributed by atoms with E-state index in [0.717, 1.165) is 31.4 Å². The van der Waals surface area contributed by atoms with Crippen molar-refractivity contribution in [2.24, 2.45) is 0 Å². The lowest BCUT2D eigenvalue weighted by molar-refractivity contribution is -0.0395. The molecule has 0 saturated carbocycles. The zero-order valence-electron chi connectivity index (χ0n) is 11.5. The highest BCUT2D eigenvalue weighted by Crippen LogP contribution is 2.33. The van der Waals surface area contributed by atoms with Gasteiger partial charge in [0.05, 0.1) is 18.4 Å². The molecule has 6 nitrogen and oxygen atoms in total. The average Bonchev–Trinajstić information content (AvgIpc) is 2.97. The number of nitrogen functional groups attached to an aromatic ring is 1. The number of benzene rings is 1. The van der Waals surface area contributed by atoms with Gasteiger partial charge >= 0.3 is 0 Å². The molecule has 0 aliphatic carbocycles. The Morgan fingerprint density at radius 1 is 1.40 bits per heavy atom. The van der Waals surface area contributed by atoms with E-state index in [4.69, 9.17) is 15.2 Å². The first-order valence-corrected chi connectivity index (χ1v) is 6.75. The van der Waals surface area contributed by atoms with E-state index in [1.165, 1.54) is 0 Å². The van der Waals surface area contributed by atoms with Gasteiger partial charge in [-0.2, -0.15) is 0 Å². The first-order valence-electron chi connectivity index (χ1n) is 6.75. The zero-order valence-corrected chi connectivity index (χ0v) is 11.5. The van der Waals surface area contributed by atoms with Crippen LogP contribution in [0.3, 0.4) is 0 Å². The second-order valence-electron chi connectivity index (χ2n) is 4.80. The summed E-state index contributed by atoms with van der Waals surface area (Å²) < 4.78 is 12.8. The summed E-state index contributed by atoms with van der Waals surface area (Å²) in [4.78, 5) is 4.35. The lowest BCUT2D eigenvalue weighted by Crippen LogP contribution is -2.18. The summed E-state index contributed by atoms with van der Waals surface area (Å²) >= 11 is 0. The number of nitrogens with zero attached hydrogens (tertiary/aromatic N) is 3. The van der Waals surface area contributed by atoms with E-state index in [9.17, 15) is 0 Å². The first kappa shape index (κ1) is 12.9. The fourth-order valence-corrected chi connectivity index (χ4v) is 2.43. The van der Waals surface area contributed by atoms with Crippen LogP contribution in [0.25, 0.3) is 11.4 Å². The highest BCUT2D eigenvalue weighted by molar-refractivity contribution is 5.72. The van der Waals surface area contributed by atoms with E-state index in [1.807, 2.05) is 12.1 Å². The molecule has 2 N–H and O–H groups in total. The van der Waals surface area contributed by atoms with Gasteiger partial charge in [-0.15, -0.1) is 5.10 Å². The first-order chi connectivity index (χ1) is 9.79. The molecule has 0 amide bonds. The number of methoxy groups -OCH3 is 1. The summed E-state index contributed by atoms with van der Waals surface area (Å²) in [6.07, 6.45) is 4.92. The molecular formula is C14H18N4O2. The van der Waals surface area contributed by atoms with Gasteiger partial charge in [0, 0.05) is 6.61 Å². The van der Waals surface area contributed by atoms with Gasteiger partial charge in [0.15, 0.2) is 17.8 Å². The summed E-state index contributed by atoms with van der Waals surface area (Å²) in [6.45, 7) is 0.779. The fourth-order valence-electron chi connectivity index (χ4n) is 2.43. The minimum Gasteiger partial charge on any atom is -0.494 e. The number of ether oxygens (including phenoxy) is 2. The van der Waals surface area contributed by atoms with Crippen LogP contribution in [0, 0.1) is 0 Å². The molecular weight excluding hydrogens is 256 g/mol. The van der Waals surface area contributed by atoms with E-state index in [-0.39, 0.29) is 6.23 Å². The van der Waals surface area contributed by atoms with Crippen molar-refractivity contribution in [1.82, 2.24) is 14.8 Å². The standard InChI is InChI=1S/C14H18N4O2/c1-19-13-10(5-4-6-11(13)15)14-16-9-18(17-14)12-7-2-3-8-20-12/h4-6,9,12H,2-3,7-8,15H2,1H3. The average molecular weight is 274 g/mol. The summed E-state index contributed by atoms with van der Waals surface area (Å²) in [5, 5.41) is 4.50. The summed E-state index contributed by atoms with van der Waals surface area (Å²) in [5.41, 5.74) is 7.28. The van der Waals surface area contributed by atoms with Gasteiger partial charge in [0.25, 0.3) is 0 Å². The van der Waals surface area contributed by atoms with Crippen molar-refractivity contribution in [2.45, 2.75) is 25.5 Å². The van der Waals surface area contributed by atoms with Crippen LogP contribution < -0.4 is 10.5 Å². The van der Waals surface area contributed by atoms with E-state index in [1.54, 1.807) is 24.2 Å². The molecule has 1 aromatic heterocycles. The third-order valence-corrected chi connectivity index (χ3v) is 3.45. The number of para-hydroxylation sites is 1. The predicted molar refractivity (Wildman–Crippen MR) is 75.3 cm³/mol. The molecule has 1 fully saturated rings. The Bertz CT molecular complexity index is 591. The third kappa shape index (κ3) is 2.34. The van der Waals surface area contributed by atoms with E-state index < -0.39 is 0 Å². The molecule has 1 aliphatic heterocycles. The number of nitrogens with two attached hydrogens (primary N) is 1. The molecule has 0 bridgehead atoms. The lowest BCUT2D eigenvalue weighted by Gasteiger charge is -2.22. The Kier molecular flexibility index (Phi) is 3.56. The van der Waals surface area contributed by atoms with Crippen LogP contribution in [0.2, 0.25) is 0 Å². The van der Waals surface area contributed by atoms with Crippen molar-refractivity contribution in [3.63, 3.8) is 0 Å². The predicted octanol–water partition coefficient (Wildman–Crippen LogP) is 2.24. The summed E-state index contributed by atoms with van der Waals surface area (Å²) in [5.74, 6) is 1.21. The number of aromatic nitrogens is 3. The van der Waals surface area contributed by atoms with Crippen molar-refractivity contribution in [2.75, 3.05) is 19.5 Å². The van der Waals surface area contributed by atoms with Gasteiger partial charge in [-0.3, -0.25) is 0 Å². The monoisotopic (exact) mass is 274 g/mol. The van der Waals surface area contributed by atoms with E-state index in [0.29, 0.717) is 17.3 Å². The van der Waals surface area contributed by atoms with Gasteiger partial charge in [-0.1, -0.05) is 6.07 Å². The highest BCUT2D eigenvalue weighted by Gasteiger charge is 2.19. The normalized spacial score (nSPS) is 18.9. The van der Waals surface area contributed by atoms with Crippen LogP contribution in [0.15, 0.2) is 24.5 Å². The highest BCUT2D eigenvalue weighted by atomic mass is 16.5. The van der Waals surface area contributed by atoms with Gasteiger partial charge in [-0.05, 0) is 31.4 Å². The van der Waals surface area contributed by atoms with Gasteiger partial charge in [0.2, 0.25) is 0 Å². The van der Waals surface area contributed by atoms with Crippen LogP contribution in [-0.4, -0.2) is 28.5 Å². The maximum atomic E-state index is 5.91. The topological polar surface area (TPSA) is 75.2 Å². The lowest BCUT2D eigenvalue weighted by atomic mass is 10.1. The van der Waals surface area contributed by atoms with Crippen molar-refractivity contribution >= 4 is 5.69 Å². The van der Waals surface area contributed by atoms with Crippen LogP contribution in [0.4, 0.5) is 5.69 Å². The number of hydrogen-bond acceptors (Lipinski definition) is 5. The Hall–Kier alpha value is -2.08. The Morgan fingerprint density at radius 3 is 3.05 bits per heavy atom. The quantitative estimate of drug-likeness (QED) is 0.869. The van der Waals surface area contributed by atoms with Crippen LogP contribution in [-0.2, 0) is 4.74 Å². The molecule has 0 radical (unpaired) electrons. The molecule has 2 heterocycles. The summed E-state index contributed by atoms with van der Waals surface area (Å²) in [6, 6.07) is 5.56. The molecule has 20 heavy (non-hydrogen) atoms. The maximum Gasteiger partial charge on any atom is 0.185 e. The molecule has 6 heteroatoms. The second-order valence-corrected chi connectivity index (χ2v) is 4.80. The van der Waals surface area contributed by atoms with Gasteiger partial charge in [-0.25, -0.2) is 9.67 Å². The molecule has 1 atom stereocenters. The molecule has 1 aromatic carbocycles. The fraction of sp³-hybridized carbons (Fsp3) is 0.429. The SMILES string of the molecule is COc1c(N)cccc1-c1ncn(C2CCCCO2)n1. The molecule has 106 valence electrons. The number of anilines is 1. The Balaban J connectivity index is 1.92. The summed E-state index contributed by atoms with van der Waals surface area (Å²) in [7, 11) is 1.59. The largest absolute Gasteiger partial charge is 0.494 e. The van der Waals surface area contributed by atoms with Gasteiger partial charge < -0.3 is 15.2 Å². The zero-order chi connectivity index (χ0) is 13.9. The molecule has 1 saturated heterocycles.